The number of hydrogen-bond acceptors (Lipinski definition) is 16. The molecule has 0 radical (unpaired) electrons. The summed E-state index contributed by atoms with van der Waals surface area (Å²) in [6.45, 7) is 9.16. The number of aryl methyl sites for hydroxylation is 1. The molecule has 1 unspecified atom stereocenters. The number of β-amino-alcohol motifs (C(OH)–C–C–N with tert-alkyl or cyclic N) is 1. The van der Waals surface area contributed by atoms with Crippen molar-refractivity contribution < 1.29 is 38.2 Å². The normalized spacial score (nSPS) is 25.5. The van der Waals surface area contributed by atoms with Crippen molar-refractivity contribution in [2.75, 3.05) is 106 Å². The SMILES string of the molecule is CCOC(=O)c1cnc(Nc2cnn(C)c2)nc1NC1CCC(N2CCN(C(=O)C3CCC(C(=O)N4CCC(O)(CN5CCN(c6ccc(NC7CCC(=O)N(C)C7=O)cc6F)CC5)CC4)CC3)CC2)CC1. The number of rotatable bonds is 14. The summed E-state index contributed by atoms with van der Waals surface area (Å²) >= 11 is 0. The molecule has 3 aromatic rings. The van der Waals surface area contributed by atoms with Crippen LogP contribution in [0.1, 0.15) is 94.3 Å². The number of aromatic nitrogens is 4. The molecule has 6 aliphatic rings. The van der Waals surface area contributed by atoms with Gasteiger partial charge in [0.1, 0.15) is 23.2 Å². The summed E-state index contributed by atoms with van der Waals surface area (Å²) in [7, 11) is 3.30. The molecule has 21 heteroatoms. The molecule has 0 bridgehead atoms. The molecule has 1 atom stereocenters. The van der Waals surface area contributed by atoms with E-state index in [1.54, 1.807) is 29.9 Å². The molecular formula is C51H72FN13O7. The minimum absolute atomic E-state index is 0.0574. The number of carbonyl (C=O) groups excluding carboxylic acids is 5. The number of aliphatic hydroxyl groups is 1. The molecule has 9 rings (SSSR count). The Morgan fingerprint density at radius 3 is 2.10 bits per heavy atom. The van der Waals surface area contributed by atoms with Crippen molar-refractivity contribution in [3.63, 3.8) is 0 Å². The van der Waals surface area contributed by atoms with Crippen molar-refractivity contribution in [3.05, 3.63) is 48.2 Å². The highest BCUT2D eigenvalue weighted by molar-refractivity contribution is 6.01. The Morgan fingerprint density at radius 2 is 1.47 bits per heavy atom. The first kappa shape index (κ1) is 51.0. The van der Waals surface area contributed by atoms with E-state index in [-0.39, 0.29) is 60.4 Å². The number of hydrogen-bond donors (Lipinski definition) is 4. The number of halogens is 1. The molecule has 6 heterocycles. The predicted molar refractivity (Wildman–Crippen MR) is 268 cm³/mol. The lowest BCUT2D eigenvalue weighted by molar-refractivity contribution is -0.147. The standard InChI is InChI=1S/C51H72FN13O7/c1-4-72-49(70)40-31-53-50(57-38-30-54-59(2)32-38)58-45(40)56-36-9-12-39(13-10-36)62-25-27-65(28-26-62)47(68)35-7-5-34(6-8-35)46(67)64-19-17-51(71,18-20-64)33-61-21-23-63(24-22-61)43-15-11-37(29-41(43)52)55-42-14-16-44(66)60(3)48(42)69/h11,15,29-32,34-36,39,42,55,71H,4-10,12-14,16-28,33H2,1-3H3,(H2,53,56,57,58). The van der Waals surface area contributed by atoms with Gasteiger partial charge in [-0.1, -0.05) is 0 Å². The second kappa shape index (κ2) is 22.5. The van der Waals surface area contributed by atoms with Gasteiger partial charge in [-0.15, -0.1) is 0 Å². The van der Waals surface area contributed by atoms with Gasteiger partial charge < -0.3 is 40.5 Å². The average molecular weight is 998 g/mol. The zero-order valence-electron chi connectivity index (χ0n) is 42.1. The maximum Gasteiger partial charge on any atom is 0.343 e. The van der Waals surface area contributed by atoms with Gasteiger partial charge in [-0.25, -0.2) is 14.2 Å². The number of piperazine rings is 2. The Hall–Kier alpha value is -5.93. The maximum absolute atomic E-state index is 15.4. The zero-order valence-corrected chi connectivity index (χ0v) is 42.1. The third-order valence-corrected chi connectivity index (χ3v) is 16.0. The second-order valence-corrected chi connectivity index (χ2v) is 20.8. The van der Waals surface area contributed by atoms with Gasteiger partial charge in [0, 0.05) is 135 Å². The number of nitrogens with zero attached hydrogens (tertiary/aromatic N) is 10. The lowest BCUT2D eigenvalue weighted by Gasteiger charge is -2.44. The molecule has 1 aromatic carbocycles. The minimum Gasteiger partial charge on any atom is -0.462 e. The summed E-state index contributed by atoms with van der Waals surface area (Å²) < 4.78 is 22.3. The van der Waals surface area contributed by atoms with E-state index >= 15 is 4.39 Å². The fraction of sp³-hybridized carbons (Fsp3) is 0.647. The van der Waals surface area contributed by atoms with E-state index in [2.05, 4.69) is 40.8 Å². The van der Waals surface area contributed by atoms with Gasteiger partial charge in [0.25, 0.3) is 5.91 Å². The zero-order chi connectivity index (χ0) is 50.5. The average Bonchev–Trinajstić information content (AvgIpc) is 3.80. The summed E-state index contributed by atoms with van der Waals surface area (Å²) in [5.41, 5.74) is 1.12. The van der Waals surface area contributed by atoms with Gasteiger partial charge >= 0.3 is 5.97 Å². The lowest BCUT2D eigenvalue weighted by Crippen LogP contribution is -2.56. The van der Waals surface area contributed by atoms with Gasteiger partial charge in [0.15, 0.2) is 0 Å². The number of nitrogens with one attached hydrogen (secondary N) is 3. The molecule has 20 nitrogen and oxygen atoms in total. The number of esters is 1. The van der Waals surface area contributed by atoms with E-state index < -0.39 is 17.6 Å². The van der Waals surface area contributed by atoms with E-state index in [9.17, 15) is 29.1 Å². The number of imide groups is 1. The lowest BCUT2D eigenvalue weighted by atomic mass is 9.80. The van der Waals surface area contributed by atoms with Gasteiger partial charge in [-0.3, -0.25) is 38.6 Å². The highest BCUT2D eigenvalue weighted by Crippen LogP contribution is 2.35. The summed E-state index contributed by atoms with van der Waals surface area (Å²) in [5.74, 6) is -0.363. The summed E-state index contributed by atoms with van der Waals surface area (Å²) in [6, 6.07) is 4.88. The van der Waals surface area contributed by atoms with Crippen LogP contribution < -0.4 is 20.9 Å². The van der Waals surface area contributed by atoms with Crippen molar-refractivity contribution in [1.82, 2.24) is 44.2 Å². The van der Waals surface area contributed by atoms with Crippen LogP contribution in [-0.2, 0) is 31.0 Å². The topological polar surface area (TPSA) is 214 Å². The molecule has 2 aromatic heterocycles. The number of benzene rings is 1. The van der Waals surface area contributed by atoms with E-state index in [1.165, 1.54) is 19.3 Å². The Balaban J connectivity index is 0.661. The smallest absolute Gasteiger partial charge is 0.343 e. The molecule has 6 fully saturated rings. The van der Waals surface area contributed by atoms with Crippen LogP contribution in [0.2, 0.25) is 0 Å². The van der Waals surface area contributed by atoms with Crippen LogP contribution in [-0.4, -0.2) is 188 Å². The molecule has 2 aliphatic carbocycles. The molecule has 4 aliphatic heterocycles. The van der Waals surface area contributed by atoms with E-state index in [0.29, 0.717) is 126 Å². The van der Waals surface area contributed by atoms with E-state index in [0.717, 1.165) is 62.2 Å². The number of carbonyl (C=O) groups is 5. The van der Waals surface area contributed by atoms with Gasteiger partial charge in [0.2, 0.25) is 23.7 Å². The molecule has 4 N–H and O–H groups in total. The van der Waals surface area contributed by atoms with Crippen molar-refractivity contribution in [2.24, 2.45) is 18.9 Å². The molecule has 72 heavy (non-hydrogen) atoms. The minimum atomic E-state index is -0.906. The number of likely N-dealkylation sites (tertiary alicyclic amines) is 2. The number of anilines is 5. The molecule has 390 valence electrons. The summed E-state index contributed by atoms with van der Waals surface area (Å²) in [5, 5.41) is 25.6. The van der Waals surface area contributed by atoms with Crippen molar-refractivity contribution in [1.29, 1.82) is 0 Å². The fourth-order valence-corrected chi connectivity index (χ4v) is 11.7. The second-order valence-electron chi connectivity index (χ2n) is 20.8. The Labute approximate surface area is 421 Å². The fourth-order valence-electron chi connectivity index (χ4n) is 11.7. The molecular weight excluding hydrogens is 926 g/mol. The number of piperidine rings is 2. The van der Waals surface area contributed by atoms with Gasteiger partial charge in [0.05, 0.1) is 29.8 Å². The van der Waals surface area contributed by atoms with E-state index in [1.807, 2.05) is 27.9 Å². The van der Waals surface area contributed by atoms with Crippen molar-refractivity contribution in [2.45, 2.75) is 108 Å². The van der Waals surface area contributed by atoms with Gasteiger partial charge in [-0.2, -0.15) is 10.1 Å². The monoisotopic (exact) mass is 998 g/mol. The first-order chi connectivity index (χ1) is 34.7. The maximum atomic E-state index is 15.4. The van der Waals surface area contributed by atoms with Crippen LogP contribution in [0.4, 0.5) is 33.2 Å². The highest BCUT2D eigenvalue weighted by atomic mass is 19.1. The van der Waals surface area contributed by atoms with Crippen LogP contribution in [0.5, 0.6) is 0 Å². The van der Waals surface area contributed by atoms with Crippen LogP contribution >= 0.6 is 0 Å². The molecule has 4 amide bonds. The van der Waals surface area contributed by atoms with Crippen LogP contribution in [0, 0.1) is 17.7 Å². The van der Waals surface area contributed by atoms with Crippen molar-refractivity contribution in [3.8, 4) is 0 Å². The Kier molecular flexibility index (Phi) is 15.9. The number of likely N-dealkylation sites (N-methyl/N-ethyl adjacent to an activating group) is 1. The Bertz CT molecular complexity index is 2420. The van der Waals surface area contributed by atoms with Crippen LogP contribution in [0.3, 0.4) is 0 Å². The van der Waals surface area contributed by atoms with E-state index in [4.69, 9.17) is 4.74 Å². The third kappa shape index (κ3) is 11.9. The highest BCUT2D eigenvalue weighted by Gasteiger charge is 2.41. The first-order valence-corrected chi connectivity index (χ1v) is 26.2. The molecule has 4 saturated heterocycles. The van der Waals surface area contributed by atoms with Crippen molar-refractivity contribution >= 4 is 58.4 Å². The Morgan fingerprint density at radius 1 is 0.806 bits per heavy atom. The van der Waals surface area contributed by atoms with Gasteiger partial charge in [-0.05, 0) is 95.8 Å². The third-order valence-electron chi connectivity index (χ3n) is 16.0. The van der Waals surface area contributed by atoms with Crippen LogP contribution in [0.15, 0.2) is 36.8 Å². The summed E-state index contributed by atoms with van der Waals surface area (Å²) in [6.07, 6.45) is 13.3. The molecule has 2 saturated carbocycles. The number of ether oxygens (including phenoxy) is 1. The summed E-state index contributed by atoms with van der Waals surface area (Å²) in [4.78, 5) is 85.6. The van der Waals surface area contributed by atoms with Crippen LogP contribution in [0.25, 0.3) is 0 Å². The predicted octanol–water partition coefficient (Wildman–Crippen LogP) is 3.68. The molecule has 0 spiro atoms. The number of amides is 4. The quantitative estimate of drug-likeness (QED) is 0.134. The largest absolute Gasteiger partial charge is 0.462 e. The first-order valence-electron chi connectivity index (χ1n) is 26.2.